The Balaban J connectivity index is 2.41. The van der Waals surface area contributed by atoms with Crippen LogP contribution >= 0.6 is 31.9 Å². The fourth-order valence-corrected chi connectivity index (χ4v) is 2.94. The summed E-state index contributed by atoms with van der Waals surface area (Å²) in [5, 5.41) is 8.92. The highest BCUT2D eigenvalue weighted by molar-refractivity contribution is 9.10. The summed E-state index contributed by atoms with van der Waals surface area (Å²) in [6.45, 7) is 2.13. The monoisotopic (exact) mass is 399 g/mol. The van der Waals surface area contributed by atoms with Crippen LogP contribution in [0.2, 0.25) is 0 Å². The second kappa shape index (κ2) is 5.93. The van der Waals surface area contributed by atoms with E-state index in [2.05, 4.69) is 31.9 Å². The molecule has 0 amide bonds. The highest BCUT2D eigenvalue weighted by Crippen LogP contribution is 2.20. The van der Waals surface area contributed by atoms with Crippen molar-refractivity contribution in [2.45, 2.75) is 13.5 Å². The number of carbonyl (C=O) groups is 1. The van der Waals surface area contributed by atoms with Gasteiger partial charge < -0.3 is 9.67 Å². The number of halogens is 2. The molecule has 4 nitrogen and oxygen atoms in total. The van der Waals surface area contributed by atoms with Crippen molar-refractivity contribution in [2.24, 2.45) is 0 Å². The summed E-state index contributed by atoms with van der Waals surface area (Å²) in [5.74, 6) is -0.979. The van der Waals surface area contributed by atoms with Gasteiger partial charge in [0.1, 0.15) is 0 Å². The first-order chi connectivity index (χ1) is 9.38. The first kappa shape index (κ1) is 15.0. The minimum absolute atomic E-state index is 0.0672. The van der Waals surface area contributed by atoms with Crippen LogP contribution in [0.15, 0.2) is 44.2 Å². The van der Waals surface area contributed by atoms with E-state index in [1.807, 2.05) is 0 Å². The van der Waals surface area contributed by atoms with E-state index in [1.54, 1.807) is 29.8 Å². The third-order valence-electron chi connectivity index (χ3n) is 2.87. The molecule has 0 unspecified atom stereocenters. The molecule has 1 N–H and O–H groups in total. The zero-order valence-electron chi connectivity index (χ0n) is 10.6. The topological polar surface area (TPSA) is 59.3 Å². The Morgan fingerprint density at radius 1 is 1.30 bits per heavy atom. The molecule has 0 bridgehead atoms. The number of carboxylic acids is 1. The molecule has 1 aromatic heterocycles. The predicted molar refractivity (Wildman–Crippen MR) is 83.3 cm³/mol. The number of pyridine rings is 1. The van der Waals surface area contributed by atoms with Gasteiger partial charge in [0.15, 0.2) is 0 Å². The number of hydrogen-bond acceptors (Lipinski definition) is 2. The fraction of sp³-hybridized carbons (Fsp3) is 0.143. The Bertz CT molecular complexity index is 738. The lowest BCUT2D eigenvalue weighted by atomic mass is 10.1. The number of hydrogen-bond donors (Lipinski definition) is 1. The lowest BCUT2D eigenvalue weighted by Gasteiger charge is -2.10. The second-order valence-electron chi connectivity index (χ2n) is 4.39. The highest BCUT2D eigenvalue weighted by Gasteiger charge is 2.09. The smallest absolute Gasteiger partial charge is 0.335 e. The number of aromatic carboxylic acids is 1. The lowest BCUT2D eigenvalue weighted by molar-refractivity contribution is 0.0697. The van der Waals surface area contributed by atoms with Crippen molar-refractivity contribution in [2.75, 3.05) is 0 Å². The molecule has 0 aliphatic heterocycles. The normalized spacial score (nSPS) is 10.6. The summed E-state index contributed by atoms with van der Waals surface area (Å²) in [6.07, 6.45) is 1.72. The van der Waals surface area contributed by atoms with Crippen LogP contribution in [-0.2, 0) is 6.54 Å². The molecule has 0 saturated carbocycles. The minimum atomic E-state index is -0.979. The molecule has 0 aliphatic rings. The number of nitrogens with zero attached hydrogens (tertiary/aromatic N) is 1. The third-order valence-corrected chi connectivity index (χ3v) is 4.04. The Morgan fingerprint density at radius 2 is 2.00 bits per heavy atom. The number of aromatic nitrogens is 1. The summed E-state index contributed by atoms with van der Waals surface area (Å²) in [5.41, 5.74) is 1.63. The van der Waals surface area contributed by atoms with Crippen molar-refractivity contribution in [1.82, 2.24) is 4.57 Å². The van der Waals surface area contributed by atoms with Crippen molar-refractivity contribution < 1.29 is 9.90 Å². The summed E-state index contributed by atoms with van der Waals surface area (Å²) in [7, 11) is 0. The maximum Gasteiger partial charge on any atom is 0.335 e. The summed E-state index contributed by atoms with van der Waals surface area (Å²) >= 11 is 6.70. The van der Waals surface area contributed by atoms with Crippen LogP contribution in [0.4, 0.5) is 0 Å². The highest BCUT2D eigenvalue weighted by atomic mass is 79.9. The summed E-state index contributed by atoms with van der Waals surface area (Å²) < 4.78 is 3.08. The Labute approximate surface area is 132 Å². The molecule has 2 aromatic rings. The maximum atomic E-state index is 12.0. The van der Waals surface area contributed by atoms with Gasteiger partial charge >= 0.3 is 5.97 Å². The average Bonchev–Trinajstić information content (AvgIpc) is 2.37. The number of aryl methyl sites for hydroxylation is 1. The zero-order chi connectivity index (χ0) is 14.9. The van der Waals surface area contributed by atoms with Gasteiger partial charge in [-0.2, -0.15) is 0 Å². The average molecular weight is 401 g/mol. The molecule has 104 valence electrons. The van der Waals surface area contributed by atoms with Gasteiger partial charge in [-0.1, -0.05) is 22.0 Å². The van der Waals surface area contributed by atoms with E-state index >= 15 is 0 Å². The van der Waals surface area contributed by atoms with Gasteiger partial charge in [-0.05, 0) is 46.6 Å². The molecule has 0 atom stereocenters. The first-order valence-corrected chi connectivity index (χ1v) is 7.35. The van der Waals surface area contributed by atoms with Crippen molar-refractivity contribution in [3.8, 4) is 0 Å². The van der Waals surface area contributed by atoms with E-state index in [9.17, 15) is 9.59 Å². The minimum Gasteiger partial charge on any atom is -0.478 e. The van der Waals surface area contributed by atoms with Gasteiger partial charge in [0, 0.05) is 20.7 Å². The molecule has 0 saturated heterocycles. The molecule has 1 heterocycles. The van der Waals surface area contributed by atoms with Gasteiger partial charge in [-0.3, -0.25) is 4.79 Å². The largest absolute Gasteiger partial charge is 0.478 e. The molecule has 0 radical (unpaired) electrons. The van der Waals surface area contributed by atoms with Crippen LogP contribution in [-0.4, -0.2) is 15.6 Å². The number of rotatable bonds is 3. The summed E-state index contributed by atoms with van der Waals surface area (Å²) in [6, 6.07) is 6.53. The van der Waals surface area contributed by atoms with Crippen LogP contribution in [0.25, 0.3) is 0 Å². The van der Waals surface area contributed by atoms with Gasteiger partial charge in [0.05, 0.1) is 12.1 Å². The number of carboxylic acid groups (broad SMARTS) is 1. The molecule has 1 aromatic carbocycles. The van der Waals surface area contributed by atoms with Crippen LogP contribution in [0.1, 0.15) is 21.5 Å². The zero-order valence-corrected chi connectivity index (χ0v) is 13.7. The van der Waals surface area contributed by atoms with Crippen molar-refractivity contribution in [3.63, 3.8) is 0 Å². The predicted octanol–water partition coefficient (Wildman–Crippen LogP) is 3.43. The van der Waals surface area contributed by atoms with E-state index in [1.165, 1.54) is 12.1 Å². The van der Waals surface area contributed by atoms with Gasteiger partial charge in [0.2, 0.25) is 0 Å². The van der Waals surface area contributed by atoms with E-state index in [0.29, 0.717) is 16.6 Å². The van der Waals surface area contributed by atoms with E-state index < -0.39 is 5.97 Å². The van der Waals surface area contributed by atoms with Gasteiger partial charge in [0.25, 0.3) is 5.56 Å². The van der Waals surface area contributed by atoms with Crippen LogP contribution in [0, 0.1) is 6.92 Å². The molecular weight excluding hydrogens is 390 g/mol. The van der Waals surface area contributed by atoms with Gasteiger partial charge in [-0.25, -0.2) is 4.79 Å². The standard InChI is InChI=1S/C14H11Br2NO3/c1-8-4-11(15)7-17(13(8)18)6-10-3-2-9(14(19)20)5-12(10)16/h2-5,7H,6H2,1H3,(H,19,20). The first-order valence-electron chi connectivity index (χ1n) is 5.77. The van der Waals surface area contributed by atoms with Crippen molar-refractivity contribution >= 4 is 37.8 Å². The van der Waals surface area contributed by atoms with E-state index in [4.69, 9.17) is 5.11 Å². The van der Waals surface area contributed by atoms with Crippen LogP contribution in [0.5, 0.6) is 0 Å². The van der Waals surface area contributed by atoms with E-state index in [-0.39, 0.29) is 11.1 Å². The second-order valence-corrected chi connectivity index (χ2v) is 6.16. The third kappa shape index (κ3) is 3.19. The molecule has 2 rings (SSSR count). The Hall–Kier alpha value is -1.40. The SMILES string of the molecule is Cc1cc(Br)cn(Cc2ccc(C(=O)O)cc2Br)c1=O. The maximum absolute atomic E-state index is 12.0. The Kier molecular flexibility index (Phi) is 4.45. The van der Waals surface area contributed by atoms with Crippen molar-refractivity contribution in [3.05, 3.63) is 66.5 Å². The molecular formula is C14H11Br2NO3. The molecule has 0 aliphatic carbocycles. The van der Waals surface area contributed by atoms with Gasteiger partial charge in [-0.15, -0.1) is 0 Å². The molecule has 0 spiro atoms. The fourth-order valence-electron chi connectivity index (χ4n) is 1.85. The lowest BCUT2D eigenvalue weighted by Crippen LogP contribution is -2.22. The Morgan fingerprint density at radius 3 is 2.60 bits per heavy atom. The number of benzene rings is 1. The van der Waals surface area contributed by atoms with E-state index in [0.717, 1.165) is 10.0 Å². The molecule has 20 heavy (non-hydrogen) atoms. The van der Waals surface area contributed by atoms with Crippen molar-refractivity contribution in [1.29, 1.82) is 0 Å². The summed E-state index contributed by atoms with van der Waals surface area (Å²) in [4.78, 5) is 22.9. The van der Waals surface area contributed by atoms with Crippen LogP contribution < -0.4 is 5.56 Å². The molecule has 6 heteroatoms. The quantitative estimate of drug-likeness (QED) is 0.858. The molecule has 0 fully saturated rings. The van der Waals surface area contributed by atoms with Crippen LogP contribution in [0.3, 0.4) is 0 Å².